The molecular weight excluding hydrogens is 585 g/mol. The normalized spacial score (nSPS) is 12.5. The third-order valence-electron chi connectivity index (χ3n) is 9.98. The molecule has 6 aromatic rings. The number of benzene rings is 6. The summed E-state index contributed by atoms with van der Waals surface area (Å²) in [4.78, 5) is 0. The lowest BCUT2D eigenvalue weighted by Crippen LogP contribution is -1.96. The molecule has 0 fully saturated rings. The third-order valence-corrected chi connectivity index (χ3v) is 9.98. The summed E-state index contributed by atoms with van der Waals surface area (Å²) in [7, 11) is 0. The first-order chi connectivity index (χ1) is 23.7. The number of unbranched alkanes of at least 4 members (excludes halogenated alkanes) is 4. The number of rotatable bonds is 12. The van der Waals surface area contributed by atoms with Crippen molar-refractivity contribution in [2.24, 2.45) is 0 Å². The van der Waals surface area contributed by atoms with Gasteiger partial charge >= 0.3 is 0 Å². The second-order valence-corrected chi connectivity index (χ2v) is 13.3. The zero-order valence-corrected chi connectivity index (χ0v) is 28.0. The molecular formula is C46H42O2. The molecule has 48 heavy (non-hydrogen) atoms. The predicted octanol–water partition coefficient (Wildman–Crippen LogP) is 13.8. The highest BCUT2D eigenvalue weighted by atomic mass is 16.3. The van der Waals surface area contributed by atoms with Crippen LogP contribution in [-0.4, -0.2) is 0 Å². The fourth-order valence-corrected chi connectivity index (χ4v) is 7.32. The lowest BCUT2D eigenvalue weighted by molar-refractivity contribution is 0.646. The predicted molar refractivity (Wildman–Crippen MR) is 206 cm³/mol. The molecule has 0 unspecified atom stereocenters. The minimum atomic E-state index is 0.878. The maximum absolute atomic E-state index is 6.63. The molecule has 2 heteroatoms. The van der Waals surface area contributed by atoms with Gasteiger partial charge in [0.1, 0.15) is 22.3 Å². The summed E-state index contributed by atoms with van der Waals surface area (Å²) in [5, 5.41) is 4.57. The molecule has 0 aromatic heterocycles. The molecule has 0 saturated heterocycles. The van der Waals surface area contributed by atoms with Crippen LogP contribution in [-0.2, 0) is 12.8 Å². The van der Waals surface area contributed by atoms with Crippen molar-refractivity contribution >= 4 is 68.2 Å². The van der Waals surface area contributed by atoms with Crippen molar-refractivity contribution in [3.05, 3.63) is 130 Å². The first kappa shape index (κ1) is 30.3. The zero-order chi connectivity index (χ0) is 32.5. The molecule has 6 aromatic carbocycles. The molecule has 2 nitrogen and oxygen atoms in total. The molecule has 0 aliphatic carbocycles. The molecule has 8 rings (SSSR count). The van der Waals surface area contributed by atoms with Crippen molar-refractivity contribution in [2.75, 3.05) is 0 Å². The summed E-state index contributed by atoms with van der Waals surface area (Å²) in [6.45, 7) is 4.51. The van der Waals surface area contributed by atoms with Crippen LogP contribution in [0.25, 0.3) is 79.3 Å². The van der Waals surface area contributed by atoms with Crippen molar-refractivity contribution in [1.82, 2.24) is 0 Å². The Hall–Kier alpha value is -5.08. The fraction of sp³-hybridized carbons (Fsp3) is 0.217. The van der Waals surface area contributed by atoms with Crippen molar-refractivity contribution in [3.63, 3.8) is 0 Å². The van der Waals surface area contributed by atoms with E-state index in [0.29, 0.717) is 0 Å². The summed E-state index contributed by atoms with van der Waals surface area (Å²) in [5.74, 6) is 0. The van der Waals surface area contributed by atoms with Crippen LogP contribution >= 0.6 is 0 Å². The van der Waals surface area contributed by atoms with E-state index in [1.54, 1.807) is 0 Å². The third kappa shape index (κ3) is 5.70. The Bertz CT molecular complexity index is 2170. The van der Waals surface area contributed by atoms with Crippen LogP contribution in [0.3, 0.4) is 0 Å². The quantitative estimate of drug-likeness (QED) is 0.0584. The second kappa shape index (κ2) is 13.2. The van der Waals surface area contributed by atoms with Gasteiger partial charge in [0, 0.05) is 21.9 Å². The summed E-state index contributed by atoms with van der Waals surface area (Å²) in [6, 6.07) is 35.2. The molecule has 0 bridgehead atoms. The van der Waals surface area contributed by atoms with Gasteiger partial charge in [-0.2, -0.15) is 0 Å². The minimum absolute atomic E-state index is 0.878. The monoisotopic (exact) mass is 626 g/mol. The first-order valence-corrected chi connectivity index (χ1v) is 17.8. The first-order valence-electron chi connectivity index (χ1n) is 17.8. The summed E-state index contributed by atoms with van der Waals surface area (Å²) in [6.07, 6.45) is 18.8. The molecule has 0 amide bonds. The lowest BCUT2D eigenvalue weighted by Gasteiger charge is -2.20. The Morgan fingerprint density at radius 3 is 1.25 bits per heavy atom. The largest absolute Gasteiger partial charge is 0.456 e. The van der Waals surface area contributed by atoms with Crippen LogP contribution in [0.2, 0.25) is 0 Å². The van der Waals surface area contributed by atoms with Crippen molar-refractivity contribution in [2.45, 2.75) is 65.2 Å². The van der Waals surface area contributed by atoms with Gasteiger partial charge in [0.2, 0.25) is 0 Å². The van der Waals surface area contributed by atoms with Crippen LogP contribution in [0.1, 0.15) is 85.8 Å². The van der Waals surface area contributed by atoms with Gasteiger partial charge in [-0.3, -0.25) is 0 Å². The highest BCUT2D eigenvalue weighted by molar-refractivity contribution is 6.25. The van der Waals surface area contributed by atoms with Crippen LogP contribution in [0.15, 0.2) is 106 Å². The molecule has 0 spiro atoms. The van der Waals surface area contributed by atoms with E-state index in [0.717, 1.165) is 57.1 Å². The van der Waals surface area contributed by atoms with Gasteiger partial charge < -0.3 is 8.83 Å². The van der Waals surface area contributed by atoms with Crippen molar-refractivity contribution in [3.8, 4) is 11.1 Å². The van der Waals surface area contributed by atoms with Gasteiger partial charge in [-0.25, -0.2) is 0 Å². The number of aryl methyl sites for hydroxylation is 2. The van der Waals surface area contributed by atoms with E-state index >= 15 is 0 Å². The SMILES string of the molecule is CCCCCc1ccc(C=Cc2ccc3oc4ccc5c(C=Cc6ccc(CCCCC)cc6)ccc6oc7ccc2c3c7-c4c65)cc1. The Kier molecular flexibility index (Phi) is 8.32. The molecule has 238 valence electrons. The summed E-state index contributed by atoms with van der Waals surface area (Å²) >= 11 is 0. The van der Waals surface area contributed by atoms with E-state index in [4.69, 9.17) is 8.83 Å². The maximum Gasteiger partial charge on any atom is 0.136 e. The maximum atomic E-state index is 6.63. The average Bonchev–Trinajstić information content (AvgIpc) is 3.13. The van der Waals surface area contributed by atoms with E-state index in [9.17, 15) is 0 Å². The molecule has 0 saturated carbocycles. The van der Waals surface area contributed by atoms with Crippen LogP contribution in [0, 0.1) is 0 Å². The van der Waals surface area contributed by atoms with E-state index in [1.165, 1.54) is 82.7 Å². The standard InChI is InChI=1S/C46H42O2/c1-3-5-7-9-31-11-15-33(16-12-31)19-21-35-23-27-39-43-37(35)25-29-41-45(43)46-42(47-39)30-26-38-36(24-28-40(48-41)44(38)46)22-20-34-17-13-32(14-18-34)10-8-6-4-2/h11-30H,3-10H2,1-2H3. The Labute approximate surface area is 283 Å². The van der Waals surface area contributed by atoms with Gasteiger partial charge in [-0.1, -0.05) is 124 Å². The molecule has 2 heterocycles. The van der Waals surface area contributed by atoms with Gasteiger partial charge in [0.25, 0.3) is 0 Å². The van der Waals surface area contributed by atoms with E-state index in [2.05, 4.69) is 135 Å². The highest BCUT2D eigenvalue weighted by Crippen LogP contribution is 2.49. The van der Waals surface area contributed by atoms with Crippen LogP contribution in [0.4, 0.5) is 0 Å². The van der Waals surface area contributed by atoms with Crippen molar-refractivity contribution < 1.29 is 8.83 Å². The molecule has 0 atom stereocenters. The van der Waals surface area contributed by atoms with Gasteiger partial charge in [0.15, 0.2) is 0 Å². The highest BCUT2D eigenvalue weighted by Gasteiger charge is 2.25. The Balaban J connectivity index is 1.15. The second-order valence-electron chi connectivity index (χ2n) is 13.3. The van der Waals surface area contributed by atoms with Crippen molar-refractivity contribution in [1.29, 1.82) is 0 Å². The number of hydrogen-bond acceptors (Lipinski definition) is 2. The van der Waals surface area contributed by atoms with E-state index < -0.39 is 0 Å². The van der Waals surface area contributed by atoms with Gasteiger partial charge in [-0.05, 0) is 106 Å². The van der Waals surface area contributed by atoms with Gasteiger partial charge in [-0.15, -0.1) is 0 Å². The zero-order valence-electron chi connectivity index (χ0n) is 28.0. The van der Waals surface area contributed by atoms with E-state index in [1.807, 2.05) is 0 Å². The van der Waals surface area contributed by atoms with Crippen LogP contribution in [0.5, 0.6) is 0 Å². The lowest BCUT2D eigenvalue weighted by atomic mass is 9.88. The Morgan fingerprint density at radius 1 is 0.417 bits per heavy atom. The molecule has 0 N–H and O–H groups in total. The summed E-state index contributed by atoms with van der Waals surface area (Å²) < 4.78 is 13.3. The minimum Gasteiger partial charge on any atom is -0.456 e. The molecule has 2 aliphatic rings. The number of hydrogen-bond donors (Lipinski definition) is 0. The molecule has 0 radical (unpaired) electrons. The Morgan fingerprint density at radius 2 is 0.833 bits per heavy atom. The topological polar surface area (TPSA) is 26.3 Å². The summed E-state index contributed by atoms with van der Waals surface area (Å²) in [5.41, 5.74) is 13.4. The van der Waals surface area contributed by atoms with Gasteiger partial charge in [0.05, 0.1) is 0 Å². The van der Waals surface area contributed by atoms with E-state index in [-0.39, 0.29) is 0 Å². The smallest absolute Gasteiger partial charge is 0.136 e. The fourth-order valence-electron chi connectivity index (χ4n) is 7.32. The average molecular weight is 627 g/mol. The van der Waals surface area contributed by atoms with Crippen LogP contribution < -0.4 is 0 Å². The molecule has 2 aliphatic heterocycles.